The van der Waals surface area contributed by atoms with Gasteiger partial charge in [-0.25, -0.2) is 4.79 Å². The fraction of sp³-hybridized carbons (Fsp3) is 0.640. The summed E-state index contributed by atoms with van der Waals surface area (Å²) in [5.41, 5.74) is 0.416. The second-order valence-corrected chi connectivity index (χ2v) is 9.95. The van der Waals surface area contributed by atoms with Crippen molar-refractivity contribution in [2.75, 3.05) is 26.7 Å². The third-order valence-corrected chi connectivity index (χ3v) is 7.60. The molecule has 4 amide bonds. The van der Waals surface area contributed by atoms with Crippen LogP contribution in [0.2, 0.25) is 0 Å². The monoisotopic (exact) mass is 443 g/mol. The van der Waals surface area contributed by atoms with Crippen molar-refractivity contribution in [2.24, 2.45) is 11.3 Å². The van der Waals surface area contributed by atoms with Gasteiger partial charge in [0.1, 0.15) is 24.4 Å². The number of aryl methyl sites for hydroxylation is 1. The van der Waals surface area contributed by atoms with Crippen LogP contribution in [-0.2, 0) is 9.59 Å². The van der Waals surface area contributed by atoms with Crippen LogP contribution >= 0.6 is 0 Å². The molecule has 176 valence electrons. The molecule has 0 unspecified atom stereocenters. The van der Waals surface area contributed by atoms with E-state index >= 15 is 0 Å². The molecule has 1 aliphatic carbocycles. The van der Waals surface area contributed by atoms with Gasteiger partial charge in [-0.1, -0.05) is 45.4 Å². The van der Waals surface area contributed by atoms with Crippen molar-refractivity contribution >= 4 is 17.8 Å². The number of nitrogens with one attached hydrogen (secondary N) is 1. The minimum absolute atomic E-state index is 0.228. The van der Waals surface area contributed by atoms with E-state index in [4.69, 9.17) is 4.74 Å². The second-order valence-electron chi connectivity index (χ2n) is 9.95. The average Bonchev–Trinajstić information content (AvgIpc) is 2.99. The third-order valence-electron chi connectivity index (χ3n) is 7.60. The number of rotatable bonds is 8. The van der Waals surface area contributed by atoms with Crippen LogP contribution in [0.4, 0.5) is 4.79 Å². The zero-order chi connectivity index (χ0) is 23.5. The van der Waals surface area contributed by atoms with Gasteiger partial charge in [0.2, 0.25) is 5.91 Å². The summed E-state index contributed by atoms with van der Waals surface area (Å²) < 4.78 is 5.75. The van der Waals surface area contributed by atoms with Gasteiger partial charge in [0, 0.05) is 7.05 Å². The number of imide groups is 1. The van der Waals surface area contributed by atoms with Crippen molar-refractivity contribution in [1.82, 2.24) is 15.1 Å². The number of carbonyl (C=O) groups excluding carboxylic acids is 3. The second kappa shape index (κ2) is 9.51. The molecule has 0 radical (unpaired) electrons. The standard InChI is InChI=1S/C25H37N3O4/c1-6-24(3,4)19-11-13-25(14-12-19)22(30)28(23(31)26-25)17-21(29)27(5)15-16-32-20-10-8-7-9-18(20)2/h7-10,19H,6,11-17H2,1-5H3,(H,26,31). The van der Waals surface area contributed by atoms with Gasteiger partial charge in [0.05, 0.1) is 6.54 Å². The van der Waals surface area contributed by atoms with Crippen LogP contribution in [0.15, 0.2) is 24.3 Å². The van der Waals surface area contributed by atoms with E-state index in [9.17, 15) is 14.4 Å². The molecule has 1 saturated carbocycles. The number of benzene rings is 1. The van der Waals surface area contributed by atoms with Crippen molar-refractivity contribution in [3.8, 4) is 5.75 Å². The molecule has 2 fully saturated rings. The molecule has 3 rings (SSSR count). The lowest BCUT2D eigenvalue weighted by molar-refractivity contribution is -0.139. The van der Waals surface area contributed by atoms with Crippen LogP contribution < -0.4 is 10.1 Å². The van der Waals surface area contributed by atoms with E-state index in [2.05, 4.69) is 26.1 Å². The molecule has 7 nitrogen and oxygen atoms in total. The highest BCUT2D eigenvalue weighted by atomic mass is 16.5. The molecule has 1 N–H and O–H groups in total. The van der Waals surface area contributed by atoms with Crippen LogP contribution in [-0.4, -0.2) is 59.9 Å². The summed E-state index contributed by atoms with van der Waals surface area (Å²) in [5, 5.41) is 2.92. The lowest BCUT2D eigenvalue weighted by Gasteiger charge is -2.42. The van der Waals surface area contributed by atoms with E-state index in [1.54, 1.807) is 7.05 Å². The number of hydrogen-bond acceptors (Lipinski definition) is 4. The van der Waals surface area contributed by atoms with Gasteiger partial charge in [-0.3, -0.25) is 14.5 Å². The number of hydrogen-bond donors (Lipinski definition) is 1. The Kier molecular flexibility index (Phi) is 7.16. The molecule has 2 aliphatic rings. The Morgan fingerprint density at radius 1 is 1.25 bits per heavy atom. The molecule has 1 aromatic rings. The zero-order valence-corrected chi connectivity index (χ0v) is 20.1. The first-order valence-corrected chi connectivity index (χ1v) is 11.7. The smallest absolute Gasteiger partial charge is 0.325 e. The lowest BCUT2D eigenvalue weighted by Crippen LogP contribution is -2.51. The lowest BCUT2D eigenvalue weighted by atomic mass is 9.65. The fourth-order valence-electron chi connectivity index (χ4n) is 4.73. The molecule has 1 saturated heterocycles. The Labute approximate surface area is 191 Å². The Hall–Kier alpha value is -2.57. The van der Waals surface area contributed by atoms with Gasteiger partial charge in [-0.15, -0.1) is 0 Å². The van der Waals surface area contributed by atoms with Crippen molar-refractivity contribution in [1.29, 1.82) is 0 Å². The van der Waals surface area contributed by atoms with Gasteiger partial charge in [-0.2, -0.15) is 0 Å². The van der Waals surface area contributed by atoms with Crippen LogP contribution in [0.3, 0.4) is 0 Å². The van der Waals surface area contributed by atoms with Gasteiger partial charge in [0.15, 0.2) is 0 Å². The largest absolute Gasteiger partial charge is 0.491 e. The molecular formula is C25H37N3O4. The number of likely N-dealkylation sites (N-methyl/N-ethyl adjacent to an activating group) is 1. The predicted octanol–water partition coefficient (Wildman–Crippen LogP) is 3.75. The van der Waals surface area contributed by atoms with Gasteiger partial charge >= 0.3 is 6.03 Å². The number of nitrogens with zero attached hydrogens (tertiary/aromatic N) is 2. The molecule has 1 heterocycles. The van der Waals surface area contributed by atoms with E-state index in [0.29, 0.717) is 31.9 Å². The molecular weight excluding hydrogens is 406 g/mol. The summed E-state index contributed by atoms with van der Waals surface area (Å²) >= 11 is 0. The molecule has 7 heteroatoms. The van der Waals surface area contributed by atoms with Gasteiger partial charge in [0.25, 0.3) is 5.91 Å². The maximum atomic E-state index is 13.2. The highest BCUT2D eigenvalue weighted by molar-refractivity contribution is 6.09. The summed E-state index contributed by atoms with van der Waals surface area (Å²) in [6.07, 6.45) is 4.17. The quantitative estimate of drug-likeness (QED) is 0.621. The van der Waals surface area contributed by atoms with Crippen LogP contribution in [0.1, 0.15) is 58.4 Å². The number of urea groups is 1. The normalized spacial score (nSPS) is 23.4. The molecule has 32 heavy (non-hydrogen) atoms. The summed E-state index contributed by atoms with van der Waals surface area (Å²) in [6, 6.07) is 7.25. The van der Waals surface area contributed by atoms with Crippen LogP contribution in [0.25, 0.3) is 0 Å². The number of para-hydroxylation sites is 1. The topological polar surface area (TPSA) is 79.0 Å². The van der Waals surface area contributed by atoms with Gasteiger partial charge < -0.3 is 15.0 Å². The molecule has 1 aromatic carbocycles. The van der Waals surface area contributed by atoms with E-state index in [1.807, 2.05) is 31.2 Å². The van der Waals surface area contributed by atoms with Crippen molar-refractivity contribution < 1.29 is 19.1 Å². The Bertz CT molecular complexity index is 858. The molecule has 0 bridgehead atoms. The van der Waals surface area contributed by atoms with Crippen LogP contribution in [0.5, 0.6) is 5.75 Å². The van der Waals surface area contributed by atoms with Crippen molar-refractivity contribution in [2.45, 2.75) is 65.3 Å². The summed E-state index contributed by atoms with van der Waals surface area (Å²) in [5.74, 6) is 0.789. The zero-order valence-electron chi connectivity index (χ0n) is 20.1. The minimum Gasteiger partial charge on any atom is -0.491 e. The summed E-state index contributed by atoms with van der Waals surface area (Å²) in [6.45, 7) is 9.18. The fourth-order valence-corrected chi connectivity index (χ4v) is 4.73. The van der Waals surface area contributed by atoms with E-state index in [-0.39, 0.29) is 23.8 Å². The van der Waals surface area contributed by atoms with Gasteiger partial charge in [-0.05, 0) is 55.6 Å². The number of ether oxygens (including phenoxy) is 1. The highest BCUT2D eigenvalue weighted by Gasteiger charge is 2.53. The Morgan fingerprint density at radius 3 is 2.53 bits per heavy atom. The predicted molar refractivity (Wildman–Crippen MR) is 123 cm³/mol. The van der Waals surface area contributed by atoms with Crippen LogP contribution in [0, 0.1) is 18.3 Å². The number of amides is 4. The Balaban J connectivity index is 1.52. The first-order valence-electron chi connectivity index (χ1n) is 11.7. The highest BCUT2D eigenvalue weighted by Crippen LogP contribution is 2.45. The molecule has 1 aliphatic heterocycles. The first kappa shape index (κ1) is 24.1. The van der Waals surface area contributed by atoms with E-state index in [0.717, 1.165) is 35.5 Å². The molecule has 0 atom stereocenters. The summed E-state index contributed by atoms with van der Waals surface area (Å²) in [4.78, 5) is 41.0. The van der Waals surface area contributed by atoms with E-state index < -0.39 is 11.6 Å². The number of carbonyl (C=O) groups is 3. The molecule has 0 aromatic heterocycles. The van der Waals surface area contributed by atoms with Crippen molar-refractivity contribution in [3.05, 3.63) is 29.8 Å². The average molecular weight is 444 g/mol. The minimum atomic E-state index is -0.843. The Morgan fingerprint density at radius 2 is 1.91 bits per heavy atom. The maximum Gasteiger partial charge on any atom is 0.325 e. The first-order chi connectivity index (χ1) is 15.1. The summed E-state index contributed by atoms with van der Waals surface area (Å²) in [7, 11) is 1.66. The molecule has 1 spiro atoms. The maximum absolute atomic E-state index is 13.2. The van der Waals surface area contributed by atoms with E-state index in [1.165, 1.54) is 4.90 Å². The third kappa shape index (κ3) is 4.92. The van der Waals surface area contributed by atoms with Crippen molar-refractivity contribution in [3.63, 3.8) is 0 Å². The SMILES string of the molecule is CCC(C)(C)C1CCC2(CC1)NC(=O)N(CC(=O)N(C)CCOc1ccccc1C)C2=O.